The molecule has 0 bridgehead atoms. The highest BCUT2D eigenvalue weighted by atomic mass is 16.5. The zero-order valence-corrected chi connectivity index (χ0v) is 9.82. The van der Waals surface area contributed by atoms with E-state index < -0.39 is 0 Å². The van der Waals surface area contributed by atoms with Crippen molar-refractivity contribution in [2.45, 2.75) is 20.3 Å². The molecule has 16 heavy (non-hydrogen) atoms. The highest BCUT2D eigenvalue weighted by Crippen LogP contribution is 2.13. The molecule has 1 rings (SSSR count). The Labute approximate surface area is 95.7 Å². The molecule has 0 saturated carbocycles. The van der Waals surface area contributed by atoms with Crippen LogP contribution in [0.2, 0.25) is 0 Å². The number of ether oxygens (including phenoxy) is 2. The van der Waals surface area contributed by atoms with Crippen molar-refractivity contribution in [3.8, 4) is 5.75 Å². The van der Waals surface area contributed by atoms with E-state index in [1.165, 1.54) is 18.9 Å². The Kier molecular flexibility index (Phi) is 4.58. The third-order valence-corrected chi connectivity index (χ3v) is 2.19. The van der Waals surface area contributed by atoms with Gasteiger partial charge in [-0.05, 0) is 25.5 Å². The van der Waals surface area contributed by atoms with E-state index in [-0.39, 0.29) is 5.97 Å². The van der Waals surface area contributed by atoms with Gasteiger partial charge in [-0.25, -0.2) is 4.79 Å². The van der Waals surface area contributed by atoms with Gasteiger partial charge in [0.2, 0.25) is 0 Å². The number of rotatable bonds is 4. The summed E-state index contributed by atoms with van der Waals surface area (Å²) in [4.78, 5) is 11.2. The van der Waals surface area contributed by atoms with Gasteiger partial charge in [0.1, 0.15) is 12.0 Å². The lowest BCUT2D eigenvalue weighted by molar-refractivity contribution is -0.136. The lowest BCUT2D eigenvalue weighted by atomic mass is 10.2. The SMILES string of the molecule is CCC(=COc1ccc(C)cc1)C(=O)OC. The molecule has 0 saturated heterocycles. The van der Waals surface area contributed by atoms with E-state index >= 15 is 0 Å². The van der Waals surface area contributed by atoms with Crippen LogP contribution in [-0.4, -0.2) is 13.1 Å². The molecule has 0 aliphatic heterocycles. The van der Waals surface area contributed by atoms with Crippen molar-refractivity contribution < 1.29 is 14.3 Å². The highest BCUT2D eigenvalue weighted by molar-refractivity contribution is 5.87. The second-order valence-electron chi connectivity index (χ2n) is 3.42. The quantitative estimate of drug-likeness (QED) is 0.444. The summed E-state index contributed by atoms with van der Waals surface area (Å²) < 4.78 is 10.00. The van der Waals surface area contributed by atoms with E-state index in [9.17, 15) is 4.79 Å². The van der Waals surface area contributed by atoms with Crippen molar-refractivity contribution in [3.63, 3.8) is 0 Å². The number of carbonyl (C=O) groups is 1. The van der Waals surface area contributed by atoms with Crippen molar-refractivity contribution in [1.29, 1.82) is 0 Å². The Morgan fingerprint density at radius 1 is 1.31 bits per heavy atom. The maximum absolute atomic E-state index is 11.2. The van der Waals surface area contributed by atoms with Gasteiger partial charge in [-0.1, -0.05) is 24.6 Å². The normalized spacial score (nSPS) is 11.1. The molecule has 3 heteroatoms. The van der Waals surface area contributed by atoms with Gasteiger partial charge in [0.25, 0.3) is 0 Å². The molecule has 1 aromatic carbocycles. The van der Waals surface area contributed by atoms with Crippen LogP contribution < -0.4 is 4.74 Å². The minimum absolute atomic E-state index is 0.352. The van der Waals surface area contributed by atoms with E-state index in [1.54, 1.807) is 0 Å². The van der Waals surface area contributed by atoms with Crippen LogP contribution >= 0.6 is 0 Å². The molecular weight excluding hydrogens is 204 g/mol. The molecular formula is C13H16O3. The van der Waals surface area contributed by atoms with Gasteiger partial charge < -0.3 is 9.47 Å². The summed E-state index contributed by atoms with van der Waals surface area (Å²) in [7, 11) is 1.36. The van der Waals surface area contributed by atoms with Crippen LogP contribution in [-0.2, 0) is 9.53 Å². The Balaban J connectivity index is 2.70. The third kappa shape index (κ3) is 3.42. The van der Waals surface area contributed by atoms with E-state index in [0.29, 0.717) is 17.7 Å². The van der Waals surface area contributed by atoms with Gasteiger partial charge in [0, 0.05) is 0 Å². The minimum Gasteiger partial charge on any atom is -0.466 e. The summed E-state index contributed by atoms with van der Waals surface area (Å²) in [6, 6.07) is 7.62. The monoisotopic (exact) mass is 220 g/mol. The largest absolute Gasteiger partial charge is 0.466 e. The van der Waals surface area contributed by atoms with Crippen molar-refractivity contribution in [1.82, 2.24) is 0 Å². The Bertz CT molecular complexity index is 377. The highest BCUT2D eigenvalue weighted by Gasteiger charge is 2.07. The van der Waals surface area contributed by atoms with Crippen molar-refractivity contribution in [3.05, 3.63) is 41.7 Å². The second-order valence-corrected chi connectivity index (χ2v) is 3.42. The van der Waals surface area contributed by atoms with Crippen molar-refractivity contribution >= 4 is 5.97 Å². The molecule has 0 heterocycles. The number of aryl methyl sites for hydroxylation is 1. The molecule has 0 unspecified atom stereocenters. The number of esters is 1. The first-order valence-corrected chi connectivity index (χ1v) is 5.18. The zero-order chi connectivity index (χ0) is 12.0. The standard InChI is InChI=1S/C13H16O3/c1-4-11(13(14)15-3)9-16-12-7-5-10(2)6-8-12/h5-9H,4H2,1-3H3. The first-order chi connectivity index (χ1) is 7.67. The van der Waals surface area contributed by atoms with Crippen molar-refractivity contribution in [2.75, 3.05) is 7.11 Å². The molecule has 0 spiro atoms. The van der Waals surface area contributed by atoms with Crippen LogP contribution in [0.3, 0.4) is 0 Å². The van der Waals surface area contributed by atoms with Gasteiger partial charge >= 0.3 is 5.97 Å². The summed E-state index contributed by atoms with van der Waals surface area (Å²) in [5.41, 5.74) is 1.68. The summed E-state index contributed by atoms with van der Waals surface area (Å²) >= 11 is 0. The van der Waals surface area contributed by atoms with Crippen LogP contribution in [0.15, 0.2) is 36.1 Å². The maximum Gasteiger partial charge on any atom is 0.336 e. The first kappa shape index (κ1) is 12.3. The third-order valence-electron chi connectivity index (χ3n) is 2.19. The first-order valence-electron chi connectivity index (χ1n) is 5.18. The van der Waals surface area contributed by atoms with Crippen LogP contribution in [0.1, 0.15) is 18.9 Å². The number of hydrogen-bond donors (Lipinski definition) is 0. The second kappa shape index (κ2) is 5.95. The smallest absolute Gasteiger partial charge is 0.336 e. The molecule has 0 aliphatic rings. The predicted octanol–water partition coefficient (Wildman–Crippen LogP) is 2.84. The molecule has 0 aromatic heterocycles. The fourth-order valence-electron chi connectivity index (χ4n) is 1.16. The topological polar surface area (TPSA) is 35.5 Å². The fourth-order valence-corrected chi connectivity index (χ4v) is 1.16. The predicted molar refractivity (Wildman–Crippen MR) is 62.2 cm³/mol. The van der Waals surface area contributed by atoms with Gasteiger partial charge in [-0.3, -0.25) is 0 Å². The summed E-state index contributed by atoms with van der Waals surface area (Å²) in [6.45, 7) is 3.88. The number of methoxy groups -OCH3 is 1. The Hall–Kier alpha value is -1.77. The molecule has 86 valence electrons. The fraction of sp³-hybridized carbons (Fsp3) is 0.308. The molecule has 0 N–H and O–H groups in total. The maximum atomic E-state index is 11.2. The lowest BCUT2D eigenvalue weighted by Gasteiger charge is -2.04. The average Bonchev–Trinajstić information content (AvgIpc) is 2.31. The van der Waals surface area contributed by atoms with E-state index in [2.05, 4.69) is 4.74 Å². The Morgan fingerprint density at radius 3 is 2.44 bits per heavy atom. The van der Waals surface area contributed by atoms with Gasteiger partial charge in [0.15, 0.2) is 0 Å². The van der Waals surface area contributed by atoms with E-state index in [0.717, 1.165) is 0 Å². The lowest BCUT2D eigenvalue weighted by Crippen LogP contribution is -2.05. The Morgan fingerprint density at radius 2 is 1.94 bits per heavy atom. The molecule has 1 aromatic rings. The minimum atomic E-state index is -0.352. The summed E-state index contributed by atoms with van der Waals surface area (Å²) in [6.07, 6.45) is 2.02. The van der Waals surface area contributed by atoms with Gasteiger partial charge in [-0.15, -0.1) is 0 Å². The van der Waals surface area contributed by atoms with Crippen LogP contribution in [0, 0.1) is 6.92 Å². The summed E-state index contributed by atoms with van der Waals surface area (Å²) in [5.74, 6) is 0.357. The zero-order valence-electron chi connectivity index (χ0n) is 9.82. The van der Waals surface area contributed by atoms with Crippen LogP contribution in [0.4, 0.5) is 0 Å². The molecule has 0 aliphatic carbocycles. The van der Waals surface area contributed by atoms with Gasteiger partial charge in [0.05, 0.1) is 12.7 Å². The van der Waals surface area contributed by atoms with Gasteiger partial charge in [-0.2, -0.15) is 0 Å². The van der Waals surface area contributed by atoms with Crippen molar-refractivity contribution in [2.24, 2.45) is 0 Å². The summed E-state index contributed by atoms with van der Waals surface area (Å²) in [5, 5.41) is 0. The van der Waals surface area contributed by atoms with Crippen LogP contribution in [0.5, 0.6) is 5.75 Å². The molecule has 0 fully saturated rings. The molecule has 3 nitrogen and oxygen atoms in total. The molecule has 0 atom stereocenters. The molecule has 0 radical (unpaired) electrons. The number of hydrogen-bond acceptors (Lipinski definition) is 3. The van der Waals surface area contributed by atoms with Crippen LogP contribution in [0.25, 0.3) is 0 Å². The van der Waals surface area contributed by atoms with E-state index in [4.69, 9.17) is 4.74 Å². The number of benzene rings is 1. The number of carbonyl (C=O) groups excluding carboxylic acids is 1. The molecule has 0 amide bonds. The average molecular weight is 220 g/mol. The van der Waals surface area contributed by atoms with E-state index in [1.807, 2.05) is 38.1 Å².